The number of anilines is 1. The lowest BCUT2D eigenvalue weighted by Crippen LogP contribution is -2.15. The summed E-state index contributed by atoms with van der Waals surface area (Å²) in [6, 6.07) is 9.40. The Kier molecular flexibility index (Phi) is 4.57. The van der Waals surface area contributed by atoms with Crippen molar-refractivity contribution >= 4 is 23.4 Å². The maximum Gasteiger partial charge on any atom is 0.234 e. The smallest absolute Gasteiger partial charge is 0.234 e. The van der Waals surface area contributed by atoms with Gasteiger partial charge in [-0.05, 0) is 24.3 Å². The maximum atomic E-state index is 13.3. The number of benzene rings is 2. The van der Waals surface area contributed by atoms with Gasteiger partial charge < -0.3 is 10.4 Å². The summed E-state index contributed by atoms with van der Waals surface area (Å²) in [6.45, 7) is 0. The summed E-state index contributed by atoms with van der Waals surface area (Å²) in [5.74, 6) is -1.76. The number of amides is 1. The Balaban J connectivity index is 1.96. The monoisotopic (exact) mass is 295 g/mol. The molecule has 0 saturated carbocycles. The highest BCUT2D eigenvalue weighted by Crippen LogP contribution is 2.27. The van der Waals surface area contributed by atoms with Crippen molar-refractivity contribution in [2.24, 2.45) is 0 Å². The van der Waals surface area contributed by atoms with E-state index in [-0.39, 0.29) is 17.2 Å². The first-order valence-corrected chi connectivity index (χ1v) is 6.70. The summed E-state index contributed by atoms with van der Waals surface area (Å²) in [7, 11) is 0. The van der Waals surface area contributed by atoms with E-state index in [0.717, 1.165) is 30.0 Å². The normalized spacial score (nSPS) is 10.3. The summed E-state index contributed by atoms with van der Waals surface area (Å²) in [5.41, 5.74) is -0.201. The van der Waals surface area contributed by atoms with Crippen molar-refractivity contribution in [1.82, 2.24) is 0 Å². The highest BCUT2D eigenvalue weighted by atomic mass is 32.2. The number of phenolic OH excluding ortho intramolecular Hbond substituents is 1. The van der Waals surface area contributed by atoms with Crippen molar-refractivity contribution in [3.8, 4) is 5.75 Å². The number of halogens is 2. The van der Waals surface area contributed by atoms with Gasteiger partial charge in [-0.3, -0.25) is 4.79 Å². The molecule has 2 aromatic rings. The molecule has 0 aromatic heterocycles. The third kappa shape index (κ3) is 3.71. The number of hydrogen-bond donors (Lipinski definition) is 2. The van der Waals surface area contributed by atoms with Gasteiger partial charge in [-0.1, -0.05) is 12.1 Å². The van der Waals surface area contributed by atoms with E-state index < -0.39 is 17.5 Å². The Hall–Kier alpha value is -2.08. The van der Waals surface area contributed by atoms with Gasteiger partial charge in [0.1, 0.15) is 17.4 Å². The number of nitrogens with one attached hydrogen (secondary N) is 1. The largest absolute Gasteiger partial charge is 0.507 e. The van der Waals surface area contributed by atoms with Crippen molar-refractivity contribution in [3.05, 3.63) is 54.1 Å². The summed E-state index contributed by atoms with van der Waals surface area (Å²) in [4.78, 5) is 12.2. The Morgan fingerprint density at radius 2 is 1.95 bits per heavy atom. The van der Waals surface area contributed by atoms with Gasteiger partial charge in [0, 0.05) is 11.0 Å². The number of hydrogen-bond acceptors (Lipinski definition) is 3. The van der Waals surface area contributed by atoms with Crippen LogP contribution in [0.3, 0.4) is 0 Å². The molecule has 0 unspecified atom stereocenters. The second-order valence-electron chi connectivity index (χ2n) is 3.93. The summed E-state index contributed by atoms with van der Waals surface area (Å²) < 4.78 is 26.3. The molecule has 0 aliphatic heterocycles. The lowest BCUT2D eigenvalue weighted by molar-refractivity contribution is -0.113. The molecule has 1 amide bonds. The number of aromatic hydroxyl groups is 1. The molecule has 20 heavy (non-hydrogen) atoms. The Labute approximate surface area is 118 Å². The molecule has 0 bridgehead atoms. The van der Waals surface area contributed by atoms with E-state index in [4.69, 9.17) is 0 Å². The minimum atomic E-state index is -0.702. The first-order valence-electron chi connectivity index (χ1n) is 5.72. The molecule has 2 aromatic carbocycles. The van der Waals surface area contributed by atoms with Gasteiger partial charge in [-0.25, -0.2) is 8.78 Å². The van der Waals surface area contributed by atoms with Crippen LogP contribution in [0.15, 0.2) is 47.4 Å². The van der Waals surface area contributed by atoms with Gasteiger partial charge in [0.2, 0.25) is 5.91 Å². The zero-order valence-electron chi connectivity index (χ0n) is 10.3. The average molecular weight is 295 g/mol. The van der Waals surface area contributed by atoms with E-state index in [0.29, 0.717) is 4.90 Å². The fourth-order valence-corrected chi connectivity index (χ4v) is 2.25. The molecule has 0 aliphatic carbocycles. The number of carbonyl (C=O) groups is 1. The number of thioether (sulfide) groups is 1. The fraction of sp³-hybridized carbons (Fsp3) is 0.0714. The molecular weight excluding hydrogens is 284 g/mol. The molecule has 104 valence electrons. The molecule has 0 saturated heterocycles. The van der Waals surface area contributed by atoms with Gasteiger partial charge in [0.05, 0.1) is 11.4 Å². The van der Waals surface area contributed by atoms with Gasteiger partial charge >= 0.3 is 0 Å². The lowest BCUT2D eigenvalue weighted by atomic mass is 10.3. The third-order valence-corrected chi connectivity index (χ3v) is 3.49. The van der Waals surface area contributed by atoms with Crippen molar-refractivity contribution in [1.29, 1.82) is 0 Å². The minimum absolute atomic E-state index is 0.0203. The van der Waals surface area contributed by atoms with Crippen LogP contribution in [0, 0.1) is 11.6 Å². The van der Waals surface area contributed by atoms with E-state index >= 15 is 0 Å². The van der Waals surface area contributed by atoms with Gasteiger partial charge in [0.15, 0.2) is 0 Å². The van der Waals surface area contributed by atoms with Crippen LogP contribution in [-0.2, 0) is 4.79 Å². The zero-order chi connectivity index (χ0) is 14.5. The van der Waals surface area contributed by atoms with Crippen LogP contribution >= 0.6 is 11.8 Å². The van der Waals surface area contributed by atoms with Crippen LogP contribution in [0.5, 0.6) is 5.75 Å². The van der Waals surface area contributed by atoms with Crippen molar-refractivity contribution in [3.63, 3.8) is 0 Å². The summed E-state index contributed by atoms with van der Waals surface area (Å²) in [6.07, 6.45) is 0. The van der Waals surface area contributed by atoms with Crippen molar-refractivity contribution < 1.29 is 18.7 Å². The zero-order valence-corrected chi connectivity index (χ0v) is 11.1. The lowest BCUT2D eigenvalue weighted by Gasteiger charge is -2.07. The molecular formula is C14H11F2NO2S. The number of para-hydroxylation sites is 1. The highest BCUT2D eigenvalue weighted by molar-refractivity contribution is 8.00. The summed E-state index contributed by atoms with van der Waals surface area (Å²) >= 11 is 1.11. The van der Waals surface area contributed by atoms with Gasteiger partial charge in [-0.2, -0.15) is 0 Å². The molecule has 3 nitrogen and oxygen atoms in total. The molecule has 0 aliphatic rings. The predicted octanol–water partition coefficient (Wildman–Crippen LogP) is 3.40. The second-order valence-corrected chi connectivity index (χ2v) is 4.95. The second kappa shape index (κ2) is 6.38. The van der Waals surface area contributed by atoms with Crippen LogP contribution in [0.4, 0.5) is 14.5 Å². The molecule has 0 atom stereocenters. The van der Waals surface area contributed by atoms with Crippen LogP contribution < -0.4 is 5.32 Å². The molecule has 0 fully saturated rings. The molecule has 0 spiro atoms. The topological polar surface area (TPSA) is 49.3 Å². The Bertz CT molecular complexity index is 634. The van der Waals surface area contributed by atoms with Crippen molar-refractivity contribution in [2.75, 3.05) is 11.1 Å². The Morgan fingerprint density at radius 3 is 2.70 bits per heavy atom. The first kappa shape index (κ1) is 14.3. The highest BCUT2D eigenvalue weighted by Gasteiger charge is 2.09. The van der Waals surface area contributed by atoms with Crippen LogP contribution in [0.2, 0.25) is 0 Å². The molecule has 2 N–H and O–H groups in total. The first-order chi connectivity index (χ1) is 9.56. The van der Waals surface area contributed by atoms with E-state index in [1.807, 2.05) is 0 Å². The van der Waals surface area contributed by atoms with Gasteiger partial charge in [-0.15, -0.1) is 11.8 Å². The number of phenols is 1. The van der Waals surface area contributed by atoms with E-state index in [1.165, 1.54) is 6.07 Å². The summed E-state index contributed by atoms with van der Waals surface area (Å²) in [5, 5.41) is 11.8. The molecule has 0 radical (unpaired) electrons. The third-order valence-electron chi connectivity index (χ3n) is 2.43. The van der Waals surface area contributed by atoms with Crippen LogP contribution in [0.25, 0.3) is 0 Å². The number of carbonyl (C=O) groups excluding carboxylic acids is 1. The van der Waals surface area contributed by atoms with Gasteiger partial charge in [0.25, 0.3) is 0 Å². The Morgan fingerprint density at radius 1 is 1.20 bits per heavy atom. The average Bonchev–Trinajstić information content (AvgIpc) is 2.42. The standard InChI is InChI=1S/C14H11F2NO2S/c15-9-5-6-10(16)11(7-9)17-14(19)8-20-13-4-2-1-3-12(13)18/h1-7,18H,8H2,(H,17,19). The predicted molar refractivity (Wildman–Crippen MR) is 73.8 cm³/mol. The molecule has 0 heterocycles. The maximum absolute atomic E-state index is 13.3. The quantitative estimate of drug-likeness (QED) is 0.850. The minimum Gasteiger partial charge on any atom is -0.507 e. The van der Waals surface area contributed by atoms with E-state index in [9.17, 15) is 18.7 Å². The number of rotatable bonds is 4. The SMILES string of the molecule is O=C(CSc1ccccc1O)Nc1cc(F)ccc1F. The molecule has 6 heteroatoms. The fourth-order valence-electron chi connectivity index (χ4n) is 1.50. The molecule has 2 rings (SSSR count). The van der Waals surface area contributed by atoms with Crippen molar-refractivity contribution in [2.45, 2.75) is 4.90 Å². The van der Waals surface area contributed by atoms with Crippen LogP contribution in [-0.4, -0.2) is 16.8 Å². The van der Waals surface area contributed by atoms with E-state index in [1.54, 1.807) is 18.2 Å². The van der Waals surface area contributed by atoms with Crippen LogP contribution in [0.1, 0.15) is 0 Å². The van der Waals surface area contributed by atoms with E-state index in [2.05, 4.69) is 5.32 Å².